The fourth-order valence-electron chi connectivity index (χ4n) is 5.38. The van der Waals surface area contributed by atoms with Crippen LogP contribution in [0.15, 0.2) is 42.5 Å². The molecule has 1 saturated carbocycles. The number of aliphatic hydroxyl groups is 1. The second-order valence-corrected chi connectivity index (χ2v) is 13.5. The molecular weight excluding hydrogens is 540 g/mol. The van der Waals surface area contributed by atoms with Gasteiger partial charge < -0.3 is 20.5 Å². The number of benzene rings is 2. The average Bonchev–Trinajstić information content (AvgIpc) is 2.89. The Morgan fingerprint density at radius 1 is 1.00 bits per heavy atom. The predicted molar refractivity (Wildman–Crippen MR) is 160 cm³/mol. The van der Waals surface area contributed by atoms with Crippen molar-refractivity contribution in [1.82, 2.24) is 15.5 Å². The van der Waals surface area contributed by atoms with E-state index in [0.29, 0.717) is 0 Å². The van der Waals surface area contributed by atoms with Gasteiger partial charge in [-0.25, -0.2) is 23.3 Å². The summed E-state index contributed by atoms with van der Waals surface area (Å²) in [5.41, 5.74) is 1.43. The Hall–Kier alpha value is -3.04. The van der Waals surface area contributed by atoms with Crippen molar-refractivity contribution in [3.8, 4) is 0 Å². The molecule has 3 N–H and O–H groups in total. The van der Waals surface area contributed by atoms with Gasteiger partial charge in [0.2, 0.25) is 0 Å². The smallest absolute Gasteiger partial charge is 0.418 e. The van der Waals surface area contributed by atoms with Crippen molar-refractivity contribution in [1.29, 1.82) is 0 Å². The Morgan fingerprint density at radius 2 is 1.62 bits per heavy atom. The number of ether oxygens (including phenoxy) is 1. The van der Waals surface area contributed by atoms with Gasteiger partial charge in [0, 0.05) is 25.2 Å². The van der Waals surface area contributed by atoms with Crippen LogP contribution in [0.5, 0.6) is 0 Å². The van der Waals surface area contributed by atoms with Crippen molar-refractivity contribution in [2.24, 2.45) is 0 Å². The molecule has 0 aromatic heterocycles. The van der Waals surface area contributed by atoms with Crippen molar-refractivity contribution in [3.63, 3.8) is 0 Å². The average molecular weight is 588 g/mol. The maximum Gasteiger partial charge on any atom is 0.418 e. The predicted octanol–water partition coefficient (Wildman–Crippen LogP) is 6.56. The maximum absolute atomic E-state index is 14.0. The number of nitrogens with one attached hydrogen (secondary N) is 2. The van der Waals surface area contributed by atoms with Gasteiger partial charge in [-0.1, -0.05) is 64.3 Å². The molecule has 0 radical (unpaired) electrons. The zero-order valence-electron chi connectivity index (χ0n) is 26.0. The van der Waals surface area contributed by atoms with Crippen molar-refractivity contribution >= 4 is 12.1 Å². The minimum Gasteiger partial charge on any atom is -0.443 e. The Morgan fingerprint density at radius 3 is 2.19 bits per heavy atom. The van der Waals surface area contributed by atoms with Crippen LogP contribution >= 0.6 is 0 Å². The summed E-state index contributed by atoms with van der Waals surface area (Å²) in [6.45, 7) is 11.7. The fraction of sp³-hybridized carbons (Fsp3) is 0.576. The summed E-state index contributed by atoms with van der Waals surface area (Å²) >= 11 is 0. The molecule has 1 fully saturated rings. The molecule has 7 nitrogen and oxygen atoms in total. The van der Waals surface area contributed by atoms with Gasteiger partial charge in [0.15, 0.2) is 0 Å². The number of hydrogen-bond acceptors (Lipinski definition) is 5. The maximum atomic E-state index is 14.0. The van der Waals surface area contributed by atoms with Gasteiger partial charge in [-0.05, 0) is 74.3 Å². The summed E-state index contributed by atoms with van der Waals surface area (Å²) in [5.74, 6) is -1.51. The highest BCUT2D eigenvalue weighted by Gasteiger charge is 2.36. The molecule has 3 rings (SSSR count). The number of aliphatic hydroxyl groups excluding tert-OH is 1. The van der Waals surface area contributed by atoms with E-state index >= 15 is 0 Å². The molecule has 3 amide bonds. The highest BCUT2D eigenvalue weighted by Crippen LogP contribution is 2.38. The molecule has 0 saturated heterocycles. The lowest BCUT2D eigenvalue weighted by atomic mass is 9.74. The first-order valence-electron chi connectivity index (χ1n) is 14.8. The lowest BCUT2D eigenvalue weighted by molar-refractivity contribution is 0.0347. The van der Waals surface area contributed by atoms with E-state index < -0.39 is 41.5 Å². The molecule has 42 heavy (non-hydrogen) atoms. The Balaban J connectivity index is 1.85. The zero-order chi connectivity index (χ0) is 31.3. The fourth-order valence-corrected chi connectivity index (χ4v) is 5.38. The Bertz CT molecular complexity index is 1210. The van der Waals surface area contributed by atoms with Gasteiger partial charge in [0.1, 0.15) is 17.2 Å². The molecule has 0 spiro atoms. The summed E-state index contributed by atoms with van der Waals surface area (Å²) in [6.07, 6.45) is 2.92. The highest BCUT2D eigenvalue weighted by atomic mass is 19.1. The second kappa shape index (κ2) is 13.5. The second-order valence-electron chi connectivity index (χ2n) is 13.5. The summed E-state index contributed by atoms with van der Waals surface area (Å²) < 4.78 is 33.3. The molecule has 2 atom stereocenters. The molecule has 2 unspecified atom stereocenters. The van der Waals surface area contributed by atoms with Crippen LogP contribution in [0.25, 0.3) is 0 Å². The number of nitrogens with zero attached hydrogens (tertiary/aromatic N) is 1. The molecule has 0 heterocycles. The third kappa shape index (κ3) is 9.23. The van der Waals surface area contributed by atoms with Gasteiger partial charge in [-0.3, -0.25) is 0 Å². The first-order chi connectivity index (χ1) is 19.5. The van der Waals surface area contributed by atoms with Crippen LogP contribution in [0.1, 0.15) is 90.3 Å². The number of urea groups is 1. The quantitative estimate of drug-likeness (QED) is 0.326. The van der Waals surface area contributed by atoms with Gasteiger partial charge in [0.05, 0.1) is 12.1 Å². The highest BCUT2D eigenvalue weighted by molar-refractivity contribution is 5.90. The van der Waals surface area contributed by atoms with E-state index in [4.69, 9.17) is 4.74 Å². The van der Waals surface area contributed by atoms with Crippen molar-refractivity contribution < 1.29 is 28.2 Å². The van der Waals surface area contributed by atoms with E-state index in [1.807, 2.05) is 0 Å². The lowest BCUT2D eigenvalue weighted by Crippen LogP contribution is -2.55. The number of hydrogen-bond donors (Lipinski definition) is 3. The minimum absolute atomic E-state index is 0.0266. The number of amides is 3. The summed E-state index contributed by atoms with van der Waals surface area (Å²) in [7, 11) is 1.27. The monoisotopic (exact) mass is 587 g/mol. The normalized spacial score (nSPS) is 16.8. The largest absolute Gasteiger partial charge is 0.443 e. The number of imide groups is 1. The van der Waals surface area contributed by atoms with Crippen molar-refractivity contribution in [3.05, 3.63) is 70.8 Å². The Kier molecular flexibility index (Phi) is 10.8. The van der Waals surface area contributed by atoms with Crippen LogP contribution in [0.2, 0.25) is 0 Å². The zero-order valence-corrected chi connectivity index (χ0v) is 26.0. The van der Waals surface area contributed by atoms with Crippen LogP contribution in [0.4, 0.5) is 18.4 Å². The molecular formula is C33H47F2N3O4. The number of carbonyl (C=O) groups is 2. The minimum atomic E-state index is -1.14. The van der Waals surface area contributed by atoms with Gasteiger partial charge in [-0.2, -0.15) is 0 Å². The third-order valence-electron chi connectivity index (χ3n) is 7.76. The SMILES string of the molecule is CN(C(=O)NC(Cc1cc(F)cc(F)c1)C(O)CNC1(c2cccc(C(C)(C)C)c2)CCCCC1)C(=O)OC(C)(C)C. The van der Waals surface area contributed by atoms with Crippen LogP contribution < -0.4 is 10.6 Å². The van der Waals surface area contributed by atoms with Gasteiger partial charge >= 0.3 is 12.1 Å². The molecule has 0 bridgehead atoms. The van der Waals surface area contributed by atoms with Gasteiger partial charge in [0.25, 0.3) is 0 Å². The lowest BCUT2D eigenvalue weighted by Gasteiger charge is -2.41. The first kappa shape index (κ1) is 33.5. The molecule has 2 aromatic carbocycles. The number of rotatable bonds is 8. The van der Waals surface area contributed by atoms with E-state index in [0.717, 1.165) is 48.6 Å². The van der Waals surface area contributed by atoms with E-state index in [1.165, 1.54) is 24.7 Å². The first-order valence-corrected chi connectivity index (χ1v) is 14.8. The van der Waals surface area contributed by atoms with Crippen LogP contribution in [0, 0.1) is 11.6 Å². The third-order valence-corrected chi connectivity index (χ3v) is 7.76. The summed E-state index contributed by atoms with van der Waals surface area (Å²) in [5, 5.41) is 17.8. The van der Waals surface area contributed by atoms with Crippen molar-refractivity contribution in [2.45, 2.75) is 109 Å². The molecule has 232 valence electrons. The van der Waals surface area contributed by atoms with Crippen LogP contribution in [-0.4, -0.2) is 53.5 Å². The molecule has 1 aliphatic rings. The number of carbonyl (C=O) groups excluding carboxylic acids is 2. The molecule has 9 heteroatoms. The van der Waals surface area contributed by atoms with Crippen molar-refractivity contribution in [2.75, 3.05) is 13.6 Å². The van der Waals surface area contributed by atoms with E-state index in [9.17, 15) is 23.5 Å². The standard InChI is InChI=1S/C33H47F2N3O4/c1-31(2,3)23-12-11-13-24(19-23)33(14-9-8-10-15-33)36-21-28(39)27(18-22-16-25(34)20-26(35)17-22)37-29(40)38(7)30(41)42-32(4,5)6/h11-13,16-17,19-20,27-28,36,39H,8-10,14-15,18,21H2,1-7H3,(H,37,40). The summed E-state index contributed by atoms with van der Waals surface area (Å²) in [4.78, 5) is 26.3. The Labute approximate surface area is 249 Å². The van der Waals surface area contributed by atoms with E-state index in [2.05, 4.69) is 55.7 Å². The molecule has 2 aromatic rings. The van der Waals surface area contributed by atoms with Gasteiger partial charge in [-0.15, -0.1) is 0 Å². The molecule has 0 aliphatic heterocycles. The van der Waals surface area contributed by atoms with E-state index in [1.54, 1.807) is 20.8 Å². The number of halogens is 2. The van der Waals surface area contributed by atoms with Crippen LogP contribution in [-0.2, 0) is 22.1 Å². The molecule has 1 aliphatic carbocycles. The summed E-state index contributed by atoms with van der Waals surface area (Å²) in [6, 6.07) is 9.89. The van der Waals surface area contributed by atoms with E-state index in [-0.39, 0.29) is 29.5 Å². The topological polar surface area (TPSA) is 90.9 Å². The van der Waals surface area contributed by atoms with Crippen LogP contribution in [0.3, 0.4) is 0 Å².